The summed E-state index contributed by atoms with van der Waals surface area (Å²) < 4.78 is 28.1. The van der Waals surface area contributed by atoms with Crippen LogP contribution in [-0.4, -0.2) is 31.0 Å². The molecule has 0 aromatic heterocycles. The van der Waals surface area contributed by atoms with Gasteiger partial charge in [0.05, 0.1) is 5.75 Å². The lowest BCUT2D eigenvalue weighted by atomic mass is 10.0. The lowest BCUT2D eigenvalue weighted by Crippen LogP contribution is -2.37. The number of carbonyl (C=O) groups excluding carboxylic acids is 1. The first-order chi connectivity index (χ1) is 12.8. The Hall–Kier alpha value is -1.56. The highest BCUT2D eigenvalue weighted by Gasteiger charge is 2.22. The molecule has 0 spiro atoms. The molecule has 0 heterocycles. The van der Waals surface area contributed by atoms with Crippen LogP contribution in [0.15, 0.2) is 24.3 Å². The van der Waals surface area contributed by atoms with Crippen molar-refractivity contribution in [2.24, 2.45) is 5.92 Å². The molecule has 1 fully saturated rings. The van der Waals surface area contributed by atoms with Gasteiger partial charge in [-0.3, -0.25) is 4.79 Å². The zero-order valence-electron chi connectivity index (χ0n) is 16.8. The Labute approximate surface area is 164 Å². The zero-order chi connectivity index (χ0) is 19.9. The summed E-state index contributed by atoms with van der Waals surface area (Å²) >= 11 is 0. The summed E-state index contributed by atoms with van der Waals surface area (Å²) in [7, 11) is -3.52. The van der Waals surface area contributed by atoms with Crippen molar-refractivity contribution in [3.63, 3.8) is 0 Å². The van der Waals surface area contributed by atoms with Gasteiger partial charge in [0.1, 0.15) is 5.75 Å². The zero-order valence-corrected chi connectivity index (χ0v) is 17.6. The van der Waals surface area contributed by atoms with E-state index in [4.69, 9.17) is 4.18 Å². The van der Waals surface area contributed by atoms with Crippen LogP contribution in [0.5, 0.6) is 5.75 Å². The maximum absolute atomic E-state index is 12.8. The van der Waals surface area contributed by atoms with Gasteiger partial charge in [0.15, 0.2) is 0 Å². The molecule has 0 N–H and O–H groups in total. The minimum atomic E-state index is -3.52. The number of amides is 1. The van der Waals surface area contributed by atoms with Crippen molar-refractivity contribution < 1.29 is 17.4 Å². The van der Waals surface area contributed by atoms with Crippen molar-refractivity contribution >= 4 is 16.0 Å². The van der Waals surface area contributed by atoms with Crippen molar-refractivity contribution in [2.75, 3.05) is 5.75 Å². The van der Waals surface area contributed by atoms with Crippen molar-refractivity contribution in [1.82, 2.24) is 4.90 Å². The number of rotatable bonds is 10. The van der Waals surface area contributed by atoms with Crippen LogP contribution in [-0.2, 0) is 21.5 Å². The van der Waals surface area contributed by atoms with Gasteiger partial charge in [-0.05, 0) is 50.3 Å². The predicted molar refractivity (Wildman–Crippen MR) is 108 cm³/mol. The van der Waals surface area contributed by atoms with E-state index in [1.54, 1.807) is 19.1 Å². The topological polar surface area (TPSA) is 63.7 Å². The van der Waals surface area contributed by atoms with E-state index in [-0.39, 0.29) is 17.7 Å². The van der Waals surface area contributed by atoms with Crippen LogP contribution in [0.2, 0.25) is 0 Å². The number of carbonyl (C=O) groups is 1. The second-order valence-electron chi connectivity index (χ2n) is 7.54. The average molecular weight is 396 g/mol. The van der Waals surface area contributed by atoms with Gasteiger partial charge in [-0.15, -0.1) is 0 Å². The van der Waals surface area contributed by atoms with Crippen LogP contribution in [0.3, 0.4) is 0 Å². The Morgan fingerprint density at radius 2 is 1.81 bits per heavy atom. The summed E-state index contributed by atoms with van der Waals surface area (Å²) in [5.41, 5.74) is 0.978. The molecule has 1 amide bonds. The lowest BCUT2D eigenvalue weighted by Gasteiger charge is -2.29. The van der Waals surface area contributed by atoms with Gasteiger partial charge in [0, 0.05) is 19.0 Å². The smallest absolute Gasteiger partial charge is 0.308 e. The Kier molecular flexibility index (Phi) is 8.14. The van der Waals surface area contributed by atoms with E-state index in [0.29, 0.717) is 24.6 Å². The molecule has 1 aromatic carbocycles. The number of hydrogen-bond acceptors (Lipinski definition) is 4. The highest BCUT2D eigenvalue weighted by molar-refractivity contribution is 7.87. The molecule has 1 aromatic rings. The highest BCUT2D eigenvalue weighted by atomic mass is 32.2. The monoisotopic (exact) mass is 395 g/mol. The molecule has 27 heavy (non-hydrogen) atoms. The largest absolute Gasteiger partial charge is 0.382 e. The Morgan fingerprint density at radius 1 is 1.19 bits per heavy atom. The Morgan fingerprint density at radius 3 is 2.37 bits per heavy atom. The first kappa shape index (κ1) is 21.7. The highest BCUT2D eigenvalue weighted by Crippen LogP contribution is 2.29. The molecule has 152 valence electrons. The molecule has 1 atom stereocenters. The Balaban J connectivity index is 1.99. The fourth-order valence-corrected chi connectivity index (χ4v) is 4.06. The van der Waals surface area contributed by atoms with E-state index in [2.05, 4.69) is 13.8 Å². The van der Waals surface area contributed by atoms with E-state index >= 15 is 0 Å². The van der Waals surface area contributed by atoms with E-state index in [0.717, 1.165) is 18.4 Å². The van der Waals surface area contributed by atoms with Gasteiger partial charge < -0.3 is 9.08 Å². The molecule has 5 nitrogen and oxygen atoms in total. The van der Waals surface area contributed by atoms with E-state index in [1.807, 2.05) is 17.0 Å². The van der Waals surface area contributed by atoms with Crippen LogP contribution in [0.25, 0.3) is 0 Å². The van der Waals surface area contributed by atoms with Gasteiger partial charge in [-0.25, -0.2) is 0 Å². The fraction of sp³-hybridized carbons (Fsp3) is 0.667. The molecule has 2 rings (SSSR count). The van der Waals surface area contributed by atoms with Crippen LogP contribution in [0.4, 0.5) is 0 Å². The molecule has 0 aliphatic heterocycles. The number of benzene rings is 1. The number of hydrogen-bond donors (Lipinski definition) is 0. The van der Waals surface area contributed by atoms with Gasteiger partial charge in [0.25, 0.3) is 0 Å². The van der Waals surface area contributed by atoms with Crippen molar-refractivity contribution in [3.05, 3.63) is 29.8 Å². The minimum Gasteiger partial charge on any atom is -0.382 e. The summed E-state index contributed by atoms with van der Waals surface area (Å²) in [6.07, 6.45) is 7.65. The first-order valence-corrected chi connectivity index (χ1v) is 11.7. The average Bonchev–Trinajstić information content (AvgIpc) is 3.18. The van der Waals surface area contributed by atoms with Crippen LogP contribution in [0.1, 0.15) is 71.3 Å². The van der Waals surface area contributed by atoms with Crippen molar-refractivity contribution in [3.8, 4) is 5.75 Å². The molecule has 0 saturated heterocycles. The van der Waals surface area contributed by atoms with E-state index in [1.165, 1.54) is 25.7 Å². The molecule has 0 bridgehead atoms. The Bertz CT molecular complexity index is 693. The summed E-state index contributed by atoms with van der Waals surface area (Å²) in [4.78, 5) is 14.8. The maximum Gasteiger partial charge on any atom is 0.308 e. The third-order valence-electron chi connectivity index (χ3n) is 5.54. The quantitative estimate of drug-likeness (QED) is 0.547. The summed E-state index contributed by atoms with van der Waals surface area (Å²) in [5, 5.41) is 0. The minimum absolute atomic E-state index is 0.0635. The summed E-state index contributed by atoms with van der Waals surface area (Å²) in [6, 6.07) is 7.15. The van der Waals surface area contributed by atoms with Gasteiger partial charge >= 0.3 is 10.1 Å². The maximum atomic E-state index is 12.8. The molecule has 1 aliphatic carbocycles. The number of nitrogens with zero attached hydrogens (tertiary/aromatic N) is 1. The first-order valence-electron chi connectivity index (χ1n) is 10.1. The van der Waals surface area contributed by atoms with Crippen LogP contribution in [0, 0.1) is 5.92 Å². The predicted octanol–water partition coefficient (Wildman–Crippen LogP) is 4.51. The molecule has 0 unspecified atom stereocenters. The normalized spacial score (nSPS) is 16.3. The third kappa shape index (κ3) is 6.83. The molecule has 6 heteroatoms. The van der Waals surface area contributed by atoms with E-state index in [9.17, 15) is 13.2 Å². The van der Waals surface area contributed by atoms with Crippen molar-refractivity contribution in [2.45, 2.75) is 78.3 Å². The second-order valence-corrected chi connectivity index (χ2v) is 9.40. The summed E-state index contributed by atoms with van der Waals surface area (Å²) in [5.74, 6) is 1.17. The summed E-state index contributed by atoms with van der Waals surface area (Å²) in [6.45, 7) is 6.26. The SMILES string of the molecule is CC[C@H](C)N(Cc1ccc(OS(=O)(=O)CC)cc1)C(=O)CCC1CCCC1. The van der Waals surface area contributed by atoms with Gasteiger partial charge in [0.2, 0.25) is 5.91 Å². The third-order valence-corrected chi connectivity index (χ3v) is 6.69. The van der Waals surface area contributed by atoms with Crippen LogP contribution >= 0.6 is 0 Å². The van der Waals surface area contributed by atoms with Crippen LogP contribution < -0.4 is 4.18 Å². The lowest BCUT2D eigenvalue weighted by molar-refractivity contribution is -0.134. The molecule has 1 saturated carbocycles. The van der Waals surface area contributed by atoms with E-state index < -0.39 is 10.1 Å². The van der Waals surface area contributed by atoms with Gasteiger partial charge in [-0.2, -0.15) is 8.42 Å². The van der Waals surface area contributed by atoms with Crippen molar-refractivity contribution in [1.29, 1.82) is 0 Å². The van der Waals surface area contributed by atoms with Gasteiger partial charge in [-0.1, -0.05) is 44.7 Å². The second kappa shape index (κ2) is 10.1. The molecular weight excluding hydrogens is 362 g/mol. The molecule has 0 radical (unpaired) electrons. The standard InChI is InChI=1S/C21H33NO4S/c1-4-17(3)22(21(23)15-12-18-8-6-7-9-18)16-19-10-13-20(14-11-19)26-27(24,25)5-2/h10-11,13-14,17-18H,4-9,12,15-16H2,1-3H3/t17-/m0/s1. The molecule has 1 aliphatic rings. The fourth-order valence-electron chi connectivity index (χ4n) is 3.53. The molecular formula is C21H33NO4S.